The van der Waals surface area contributed by atoms with Crippen LogP contribution >= 0.6 is 0 Å². The van der Waals surface area contributed by atoms with Crippen molar-refractivity contribution in [3.05, 3.63) is 23.2 Å². The van der Waals surface area contributed by atoms with Crippen molar-refractivity contribution < 1.29 is 12.9 Å². The summed E-state index contributed by atoms with van der Waals surface area (Å²) in [5.74, 6) is 0.575. The molecule has 0 radical (unpaired) electrons. The Hall–Kier alpha value is -1.87. The second kappa shape index (κ2) is 4.67. The number of hydrogen-bond donors (Lipinski definition) is 3. The van der Waals surface area contributed by atoms with Gasteiger partial charge in [-0.05, 0) is 20.8 Å². The number of nitrogens with two attached hydrogens (primary N) is 1. The molecule has 0 saturated carbocycles. The number of hydrogen-bond acceptors (Lipinski definition) is 6. The van der Waals surface area contributed by atoms with Gasteiger partial charge in [0.05, 0.1) is 11.9 Å². The Balaban J connectivity index is 2.29. The third-order valence-electron chi connectivity index (χ3n) is 2.78. The molecule has 2 aromatic heterocycles. The van der Waals surface area contributed by atoms with E-state index in [1.54, 1.807) is 20.8 Å². The lowest BCUT2D eigenvalue weighted by atomic mass is 10.1. The van der Waals surface area contributed by atoms with Crippen molar-refractivity contribution in [1.29, 1.82) is 0 Å². The minimum Gasteiger partial charge on any atom is -0.383 e. The predicted molar refractivity (Wildman–Crippen MR) is 67.7 cm³/mol. The number of nitrogen functional groups attached to an aromatic ring is 1. The Morgan fingerprint density at radius 2 is 2.16 bits per heavy atom. The van der Waals surface area contributed by atoms with E-state index in [1.807, 2.05) is 0 Å². The highest BCUT2D eigenvalue weighted by atomic mass is 32.2. The van der Waals surface area contributed by atoms with E-state index in [1.165, 1.54) is 0 Å². The number of aryl methyl sites for hydroxylation is 2. The van der Waals surface area contributed by atoms with Crippen LogP contribution < -0.4 is 10.5 Å². The van der Waals surface area contributed by atoms with E-state index in [0.717, 1.165) is 6.20 Å². The van der Waals surface area contributed by atoms with Crippen LogP contribution in [0, 0.1) is 13.8 Å². The van der Waals surface area contributed by atoms with Crippen LogP contribution in [0.4, 0.5) is 5.82 Å². The molecule has 0 aliphatic heterocycles. The van der Waals surface area contributed by atoms with Gasteiger partial charge in [0.25, 0.3) is 0 Å². The maximum Gasteiger partial charge on any atom is 0.246 e. The van der Waals surface area contributed by atoms with E-state index in [9.17, 15) is 8.42 Å². The minimum atomic E-state index is -3.74. The van der Waals surface area contributed by atoms with Crippen LogP contribution in [0.3, 0.4) is 0 Å². The van der Waals surface area contributed by atoms with Crippen molar-refractivity contribution in [3.8, 4) is 0 Å². The summed E-state index contributed by atoms with van der Waals surface area (Å²) in [7, 11) is -3.74. The molecule has 0 fully saturated rings. The molecule has 8 nitrogen and oxygen atoms in total. The monoisotopic (exact) mass is 285 g/mol. The van der Waals surface area contributed by atoms with Gasteiger partial charge in [-0.2, -0.15) is 5.10 Å². The highest BCUT2D eigenvalue weighted by Gasteiger charge is 2.25. The van der Waals surface area contributed by atoms with Crippen molar-refractivity contribution in [2.45, 2.75) is 31.7 Å². The number of rotatable bonds is 4. The number of aromatic amines is 1. The summed E-state index contributed by atoms with van der Waals surface area (Å²) in [6, 6.07) is -0.481. The van der Waals surface area contributed by atoms with Crippen molar-refractivity contribution in [3.63, 3.8) is 0 Å². The van der Waals surface area contributed by atoms with Crippen LogP contribution in [-0.2, 0) is 10.0 Å². The van der Waals surface area contributed by atoms with Crippen LogP contribution in [0.5, 0.6) is 0 Å². The molecule has 2 rings (SSSR count). The lowest BCUT2D eigenvalue weighted by Gasteiger charge is -2.13. The zero-order valence-corrected chi connectivity index (χ0v) is 11.6. The van der Waals surface area contributed by atoms with E-state index in [0.29, 0.717) is 17.0 Å². The molecule has 0 bridgehead atoms. The smallest absolute Gasteiger partial charge is 0.246 e. The molecule has 1 atom stereocenters. The summed E-state index contributed by atoms with van der Waals surface area (Å²) < 4.78 is 31.8. The average molecular weight is 285 g/mol. The number of nitrogens with zero attached hydrogens (tertiary/aromatic N) is 2. The molecule has 104 valence electrons. The predicted octanol–water partition coefficient (Wildman–Crippen LogP) is 0.636. The zero-order valence-electron chi connectivity index (χ0n) is 10.8. The molecular formula is C10H15N5O3S. The molecule has 0 amide bonds. The number of aromatic nitrogens is 3. The normalized spacial score (nSPS) is 13.6. The minimum absolute atomic E-state index is 0.00142. The van der Waals surface area contributed by atoms with Crippen LogP contribution in [0.2, 0.25) is 0 Å². The van der Waals surface area contributed by atoms with E-state index in [-0.39, 0.29) is 10.7 Å². The van der Waals surface area contributed by atoms with Crippen molar-refractivity contribution in [1.82, 2.24) is 20.1 Å². The fourth-order valence-corrected chi connectivity index (χ4v) is 3.20. The summed E-state index contributed by atoms with van der Waals surface area (Å²) in [5, 5.41) is 9.77. The highest BCUT2D eigenvalue weighted by Crippen LogP contribution is 2.24. The molecule has 1 unspecified atom stereocenters. The fraction of sp³-hybridized carbons (Fsp3) is 0.400. The molecule has 0 aromatic carbocycles. The third kappa shape index (κ3) is 2.47. The van der Waals surface area contributed by atoms with Gasteiger partial charge in [-0.3, -0.25) is 5.10 Å². The Bertz CT molecular complexity index is 668. The van der Waals surface area contributed by atoms with E-state index >= 15 is 0 Å². The SMILES string of the molecule is Cc1noc(C)c1C(C)NS(=O)(=O)c1cn[nH]c1N. The first-order valence-corrected chi connectivity index (χ1v) is 7.05. The van der Waals surface area contributed by atoms with Gasteiger partial charge in [0.1, 0.15) is 16.5 Å². The van der Waals surface area contributed by atoms with Crippen LogP contribution in [0.25, 0.3) is 0 Å². The molecule has 0 spiro atoms. The van der Waals surface area contributed by atoms with Gasteiger partial charge >= 0.3 is 0 Å². The summed E-state index contributed by atoms with van der Waals surface area (Å²) in [4.78, 5) is -0.0777. The second-order valence-corrected chi connectivity index (χ2v) is 5.91. The van der Waals surface area contributed by atoms with Gasteiger partial charge in [-0.1, -0.05) is 5.16 Å². The Morgan fingerprint density at radius 1 is 1.47 bits per heavy atom. The van der Waals surface area contributed by atoms with E-state index in [2.05, 4.69) is 20.1 Å². The van der Waals surface area contributed by atoms with Gasteiger partial charge in [0.15, 0.2) is 0 Å². The third-order valence-corrected chi connectivity index (χ3v) is 4.34. The average Bonchev–Trinajstić information content (AvgIpc) is 2.85. The summed E-state index contributed by atoms with van der Waals surface area (Å²) >= 11 is 0. The zero-order chi connectivity index (χ0) is 14.2. The molecule has 4 N–H and O–H groups in total. The Labute approximate surface area is 110 Å². The Kier molecular flexibility index (Phi) is 3.33. The van der Waals surface area contributed by atoms with E-state index < -0.39 is 16.1 Å². The van der Waals surface area contributed by atoms with Crippen molar-refractivity contribution in [2.75, 3.05) is 5.73 Å². The van der Waals surface area contributed by atoms with Gasteiger partial charge in [0.2, 0.25) is 10.0 Å². The first-order valence-electron chi connectivity index (χ1n) is 5.57. The lowest BCUT2D eigenvalue weighted by molar-refractivity contribution is 0.391. The number of anilines is 1. The number of nitrogens with one attached hydrogen (secondary N) is 2. The quantitative estimate of drug-likeness (QED) is 0.756. The molecule has 0 aliphatic carbocycles. The Morgan fingerprint density at radius 3 is 2.63 bits per heavy atom. The van der Waals surface area contributed by atoms with Gasteiger partial charge in [0, 0.05) is 11.6 Å². The van der Waals surface area contributed by atoms with E-state index in [4.69, 9.17) is 10.3 Å². The molecule has 0 saturated heterocycles. The number of H-pyrrole nitrogens is 1. The molecular weight excluding hydrogens is 270 g/mol. The molecule has 19 heavy (non-hydrogen) atoms. The van der Waals surface area contributed by atoms with Gasteiger partial charge < -0.3 is 10.3 Å². The molecule has 9 heteroatoms. The van der Waals surface area contributed by atoms with Crippen LogP contribution in [0.1, 0.15) is 30.0 Å². The van der Waals surface area contributed by atoms with Crippen molar-refractivity contribution in [2.24, 2.45) is 0 Å². The summed E-state index contributed by atoms with van der Waals surface area (Å²) in [6.07, 6.45) is 1.16. The maximum absolute atomic E-state index is 12.1. The first-order chi connectivity index (χ1) is 8.83. The maximum atomic E-state index is 12.1. The molecule has 0 aliphatic rings. The summed E-state index contributed by atoms with van der Waals surface area (Å²) in [5.41, 5.74) is 6.87. The van der Waals surface area contributed by atoms with Gasteiger partial charge in [-0.15, -0.1) is 0 Å². The topological polar surface area (TPSA) is 127 Å². The second-order valence-electron chi connectivity index (χ2n) is 4.23. The van der Waals surface area contributed by atoms with Gasteiger partial charge in [-0.25, -0.2) is 13.1 Å². The molecule has 2 heterocycles. The largest absolute Gasteiger partial charge is 0.383 e. The van der Waals surface area contributed by atoms with Crippen LogP contribution in [0.15, 0.2) is 15.6 Å². The fourth-order valence-electron chi connectivity index (χ4n) is 1.96. The van der Waals surface area contributed by atoms with Crippen molar-refractivity contribution >= 4 is 15.8 Å². The summed E-state index contributed by atoms with van der Waals surface area (Å²) in [6.45, 7) is 5.19. The first kappa shape index (κ1) is 13.6. The lowest BCUT2D eigenvalue weighted by Crippen LogP contribution is -2.27. The highest BCUT2D eigenvalue weighted by molar-refractivity contribution is 7.89. The standard InChI is InChI=1S/C10H15N5O3S/c1-5-9(7(3)18-14-5)6(2)15-19(16,17)8-4-12-13-10(8)11/h4,6,15H,1-3H3,(H3,11,12,13). The van der Waals surface area contributed by atoms with Crippen LogP contribution in [-0.4, -0.2) is 23.8 Å². The molecule has 2 aromatic rings. The number of sulfonamides is 1.